The molecule has 0 aromatic rings. The lowest BCUT2D eigenvalue weighted by atomic mass is 9.90. The van der Waals surface area contributed by atoms with E-state index in [-0.39, 0.29) is 12.2 Å². The average molecular weight is 245 g/mol. The number of hydrogen-bond donors (Lipinski definition) is 5. The van der Waals surface area contributed by atoms with Crippen molar-refractivity contribution in [3.05, 3.63) is 12.2 Å². The maximum Gasteiger partial charge on any atom is 0.199 e. The van der Waals surface area contributed by atoms with Gasteiger partial charge in [-0.3, -0.25) is 16.3 Å². The third-order valence-electron chi connectivity index (χ3n) is 2.91. The van der Waals surface area contributed by atoms with Crippen LogP contribution in [0.4, 0.5) is 0 Å². The Morgan fingerprint density at radius 1 is 1.47 bits per heavy atom. The molecule has 7 heteroatoms. The average Bonchev–Trinajstić information content (AvgIpc) is 2.22. The lowest BCUT2D eigenvalue weighted by Gasteiger charge is -2.45. The molecule has 1 aliphatic rings. The van der Waals surface area contributed by atoms with E-state index < -0.39 is 30.2 Å². The van der Waals surface area contributed by atoms with E-state index in [1.807, 2.05) is 0 Å². The second-order valence-corrected chi connectivity index (χ2v) is 4.39. The van der Waals surface area contributed by atoms with Gasteiger partial charge in [0.2, 0.25) is 0 Å². The van der Waals surface area contributed by atoms with E-state index in [0.717, 1.165) is 0 Å². The lowest BCUT2D eigenvalue weighted by molar-refractivity contribution is -0.230. The molecule has 3 unspecified atom stereocenters. The standard InChI is InChI=1S/C10H19N3O4/c1-4(5(2)14)3-6-7(11)8(15)9(16)10(12,13)17-6/h6-9,15-16H,1,3,11-13H2,2H3/t6?,7?,8-,9?/m0/s1. The van der Waals surface area contributed by atoms with Crippen LogP contribution in [-0.2, 0) is 9.53 Å². The van der Waals surface area contributed by atoms with Crippen LogP contribution in [0.2, 0.25) is 0 Å². The van der Waals surface area contributed by atoms with Gasteiger partial charge in [-0.1, -0.05) is 6.58 Å². The Bertz CT molecular complexity index is 332. The summed E-state index contributed by atoms with van der Waals surface area (Å²) in [6.45, 7) is 4.92. The van der Waals surface area contributed by atoms with Gasteiger partial charge in [-0.2, -0.15) is 0 Å². The number of ether oxygens (including phenoxy) is 1. The smallest absolute Gasteiger partial charge is 0.199 e. The molecule has 0 radical (unpaired) electrons. The predicted octanol–water partition coefficient (Wildman–Crippen LogP) is -2.46. The number of carbonyl (C=O) groups is 1. The molecule has 0 saturated carbocycles. The van der Waals surface area contributed by atoms with Crippen LogP contribution in [0.15, 0.2) is 12.2 Å². The summed E-state index contributed by atoms with van der Waals surface area (Å²) in [7, 11) is 0. The largest absolute Gasteiger partial charge is 0.388 e. The van der Waals surface area contributed by atoms with Crippen molar-refractivity contribution in [1.82, 2.24) is 0 Å². The van der Waals surface area contributed by atoms with Crippen molar-refractivity contribution in [1.29, 1.82) is 0 Å². The number of ketones is 1. The first-order valence-electron chi connectivity index (χ1n) is 5.23. The van der Waals surface area contributed by atoms with Crippen LogP contribution in [0.1, 0.15) is 13.3 Å². The summed E-state index contributed by atoms with van der Waals surface area (Å²) in [4.78, 5) is 11.1. The topological polar surface area (TPSA) is 145 Å². The van der Waals surface area contributed by atoms with E-state index in [4.69, 9.17) is 21.9 Å². The number of hydrogen-bond acceptors (Lipinski definition) is 7. The molecule has 1 rings (SSSR count). The Morgan fingerprint density at radius 2 is 2.00 bits per heavy atom. The molecule has 7 nitrogen and oxygen atoms in total. The SMILES string of the molecule is C=C(CC1OC(N)(N)C(O)[C@@H](O)C1N)C(C)=O. The van der Waals surface area contributed by atoms with Crippen LogP contribution < -0.4 is 17.2 Å². The first-order valence-corrected chi connectivity index (χ1v) is 5.23. The minimum atomic E-state index is -1.89. The molecular formula is C10H19N3O4. The van der Waals surface area contributed by atoms with Gasteiger partial charge >= 0.3 is 0 Å². The van der Waals surface area contributed by atoms with Crippen molar-refractivity contribution < 1.29 is 19.7 Å². The van der Waals surface area contributed by atoms with E-state index >= 15 is 0 Å². The molecule has 1 fully saturated rings. The van der Waals surface area contributed by atoms with E-state index in [1.165, 1.54) is 6.92 Å². The number of aliphatic hydroxyl groups is 2. The van der Waals surface area contributed by atoms with Crippen molar-refractivity contribution in [3.63, 3.8) is 0 Å². The van der Waals surface area contributed by atoms with Crippen LogP contribution in [0.25, 0.3) is 0 Å². The van der Waals surface area contributed by atoms with Crippen LogP contribution in [0.3, 0.4) is 0 Å². The zero-order valence-corrected chi connectivity index (χ0v) is 9.67. The molecule has 98 valence electrons. The fourth-order valence-corrected chi connectivity index (χ4v) is 1.67. The Labute approximate surface area is 99.2 Å². The number of rotatable bonds is 3. The summed E-state index contributed by atoms with van der Waals surface area (Å²) in [5.41, 5.74) is 17.0. The molecule has 0 aromatic carbocycles. The first-order chi connectivity index (χ1) is 7.66. The van der Waals surface area contributed by atoms with Gasteiger partial charge in [-0.15, -0.1) is 0 Å². The molecule has 8 N–H and O–H groups in total. The van der Waals surface area contributed by atoms with Crippen molar-refractivity contribution in [2.45, 2.75) is 43.5 Å². The fraction of sp³-hybridized carbons (Fsp3) is 0.700. The van der Waals surface area contributed by atoms with Gasteiger partial charge in [-0.05, 0) is 12.5 Å². The molecule has 0 aromatic heterocycles. The molecule has 17 heavy (non-hydrogen) atoms. The van der Waals surface area contributed by atoms with Crippen LogP contribution in [0.5, 0.6) is 0 Å². The minimum Gasteiger partial charge on any atom is -0.388 e. The van der Waals surface area contributed by atoms with Crippen LogP contribution in [0, 0.1) is 0 Å². The number of aliphatic hydroxyl groups excluding tert-OH is 2. The quantitative estimate of drug-likeness (QED) is 0.274. The van der Waals surface area contributed by atoms with Crippen molar-refractivity contribution >= 4 is 5.78 Å². The molecule has 0 bridgehead atoms. The highest BCUT2D eigenvalue weighted by molar-refractivity contribution is 5.92. The second-order valence-electron chi connectivity index (χ2n) is 4.39. The molecule has 1 aliphatic heterocycles. The van der Waals surface area contributed by atoms with Crippen LogP contribution >= 0.6 is 0 Å². The predicted molar refractivity (Wildman–Crippen MR) is 60.4 cm³/mol. The van der Waals surface area contributed by atoms with Crippen LogP contribution in [-0.4, -0.2) is 46.2 Å². The molecule has 1 heterocycles. The van der Waals surface area contributed by atoms with Gasteiger partial charge in [0.25, 0.3) is 0 Å². The van der Waals surface area contributed by atoms with Gasteiger partial charge < -0.3 is 20.7 Å². The highest BCUT2D eigenvalue weighted by Gasteiger charge is 2.48. The van der Waals surface area contributed by atoms with Gasteiger partial charge in [0.15, 0.2) is 11.6 Å². The summed E-state index contributed by atoms with van der Waals surface area (Å²) >= 11 is 0. The zero-order valence-electron chi connectivity index (χ0n) is 9.67. The Morgan fingerprint density at radius 3 is 2.47 bits per heavy atom. The first kappa shape index (κ1) is 14.2. The minimum absolute atomic E-state index is 0.108. The van der Waals surface area contributed by atoms with E-state index in [2.05, 4.69) is 6.58 Å². The van der Waals surface area contributed by atoms with E-state index in [1.54, 1.807) is 0 Å². The highest BCUT2D eigenvalue weighted by Crippen LogP contribution is 2.25. The fourth-order valence-electron chi connectivity index (χ4n) is 1.67. The Hall–Kier alpha value is -0.830. The summed E-state index contributed by atoms with van der Waals surface area (Å²) < 4.78 is 5.20. The van der Waals surface area contributed by atoms with Crippen molar-refractivity contribution in [2.75, 3.05) is 0 Å². The summed E-state index contributed by atoms with van der Waals surface area (Å²) in [6.07, 6.45) is -3.46. The van der Waals surface area contributed by atoms with Crippen molar-refractivity contribution in [2.24, 2.45) is 17.2 Å². The van der Waals surface area contributed by atoms with E-state index in [0.29, 0.717) is 5.57 Å². The maximum absolute atomic E-state index is 11.1. The zero-order chi connectivity index (χ0) is 13.4. The highest BCUT2D eigenvalue weighted by atomic mass is 16.6. The van der Waals surface area contributed by atoms with E-state index in [9.17, 15) is 15.0 Å². The molecule has 0 aliphatic carbocycles. The monoisotopic (exact) mass is 245 g/mol. The van der Waals surface area contributed by atoms with Gasteiger partial charge in [0.05, 0.1) is 12.1 Å². The lowest BCUT2D eigenvalue weighted by Crippen LogP contribution is -2.74. The molecule has 0 spiro atoms. The Kier molecular flexibility index (Phi) is 4.03. The Balaban J connectivity index is 2.80. The number of Topliss-reactive ketones (excluding diaryl/α,β-unsaturated/α-hetero) is 1. The molecule has 1 saturated heterocycles. The van der Waals surface area contributed by atoms with Gasteiger partial charge in [-0.25, -0.2) is 0 Å². The molecule has 4 atom stereocenters. The number of nitrogens with two attached hydrogens (primary N) is 3. The second kappa shape index (κ2) is 4.81. The van der Waals surface area contributed by atoms with Gasteiger partial charge in [0.1, 0.15) is 12.2 Å². The maximum atomic E-state index is 11.1. The summed E-state index contributed by atoms with van der Waals surface area (Å²) in [5, 5.41) is 19.2. The van der Waals surface area contributed by atoms with Crippen molar-refractivity contribution in [3.8, 4) is 0 Å². The molecular weight excluding hydrogens is 226 g/mol. The third-order valence-corrected chi connectivity index (χ3v) is 2.91. The third kappa shape index (κ3) is 2.89. The normalized spacial score (nSPS) is 36.6. The van der Waals surface area contributed by atoms with Gasteiger partial charge in [0, 0.05) is 6.42 Å². The summed E-state index contributed by atoms with van der Waals surface area (Å²) in [6, 6.07) is -0.888. The molecule has 0 amide bonds. The summed E-state index contributed by atoms with van der Waals surface area (Å²) in [5.74, 6) is -2.10. The number of carbonyl (C=O) groups excluding carboxylic acids is 1.